The Morgan fingerprint density at radius 1 is 1.45 bits per heavy atom. The number of halogens is 2. The zero-order chi connectivity index (χ0) is 14.3. The predicted molar refractivity (Wildman–Crippen MR) is 77.6 cm³/mol. The number of ether oxygens (including phenoxy) is 1. The van der Waals surface area contributed by atoms with Gasteiger partial charge in [-0.2, -0.15) is 0 Å². The number of alkyl halides is 1. The van der Waals surface area contributed by atoms with Gasteiger partial charge in [0.15, 0.2) is 0 Å². The molecule has 3 atom stereocenters. The number of hydrogen-bond acceptors (Lipinski definition) is 2. The number of aromatic nitrogens is 2. The van der Waals surface area contributed by atoms with Crippen molar-refractivity contribution in [2.45, 2.75) is 43.7 Å². The van der Waals surface area contributed by atoms with Crippen molar-refractivity contribution in [1.82, 2.24) is 9.55 Å². The fourth-order valence-corrected chi connectivity index (χ4v) is 3.27. The molecule has 0 radical (unpaired) electrons. The maximum atomic E-state index is 13.6. The first kappa shape index (κ1) is 13.8. The smallest absolute Gasteiger partial charge is 0.127 e. The van der Waals surface area contributed by atoms with E-state index in [1.807, 2.05) is 6.92 Å². The van der Waals surface area contributed by atoms with E-state index in [0.717, 1.165) is 36.1 Å². The summed E-state index contributed by atoms with van der Waals surface area (Å²) >= 11 is 6.26. The highest BCUT2D eigenvalue weighted by Gasteiger charge is 2.29. The van der Waals surface area contributed by atoms with E-state index in [4.69, 9.17) is 16.3 Å². The molecule has 3 nitrogen and oxygen atoms in total. The standard InChI is InChI=1S/C15H18ClFN2O/c1-9(16)15-18-13-6-3-10(17)7-14(13)19(15)11-4-5-12(8-11)20-2/h3,6-7,9,11-12H,4-5,8H2,1-2H3. The number of benzene rings is 1. The summed E-state index contributed by atoms with van der Waals surface area (Å²) in [5.41, 5.74) is 1.63. The highest BCUT2D eigenvalue weighted by atomic mass is 35.5. The molecule has 1 saturated carbocycles. The molecule has 3 rings (SSSR count). The molecular weight excluding hydrogens is 279 g/mol. The third kappa shape index (κ3) is 2.31. The van der Waals surface area contributed by atoms with Crippen LogP contribution in [0.5, 0.6) is 0 Å². The van der Waals surface area contributed by atoms with Crippen LogP contribution in [0.1, 0.15) is 43.4 Å². The van der Waals surface area contributed by atoms with E-state index in [1.165, 1.54) is 6.07 Å². The summed E-state index contributed by atoms with van der Waals surface area (Å²) in [6.07, 6.45) is 3.22. The summed E-state index contributed by atoms with van der Waals surface area (Å²) in [6, 6.07) is 4.98. The summed E-state index contributed by atoms with van der Waals surface area (Å²) < 4.78 is 21.1. The van der Waals surface area contributed by atoms with Gasteiger partial charge in [0.05, 0.1) is 22.5 Å². The van der Waals surface area contributed by atoms with Crippen LogP contribution in [0.15, 0.2) is 18.2 Å². The largest absolute Gasteiger partial charge is 0.381 e. The Kier molecular flexibility index (Phi) is 3.69. The molecule has 1 aliphatic rings. The van der Waals surface area contributed by atoms with Crippen molar-refractivity contribution in [2.75, 3.05) is 7.11 Å². The first-order valence-electron chi connectivity index (χ1n) is 6.94. The number of imidazole rings is 1. The molecule has 0 aliphatic heterocycles. The summed E-state index contributed by atoms with van der Waals surface area (Å²) in [7, 11) is 1.74. The van der Waals surface area contributed by atoms with Crippen molar-refractivity contribution < 1.29 is 9.13 Å². The maximum Gasteiger partial charge on any atom is 0.127 e. The van der Waals surface area contributed by atoms with E-state index in [9.17, 15) is 4.39 Å². The van der Waals surface area contributed by atoms with Gasteiger partial charge in [-0.05, 0) is 44.4 Å². The van der Waals surface area contributed by atoms with Crippen LogP contribution in [-0.4, -0.2) is 22.8 Å². The van der Waals surface area contributed by atoms with E-state index < -0.39 is 0 Å². The molecule has 3 unspecified atom stereocenters. The fourth-order valence-electron chi connectivity index (χ4n) is 3.12. The lowest BCUT2D eigenvalue weighted by molar-refractivity contribution is 0.106. The molecule has 0 spiro atoms. The second kappa shape index (κ2) is 5.34. The maximum absolute atomic E-state index is 13.6. The van der Waals surface area contributed by atoms with E-state index in [1.54, 1.807) is 19.2 Å². The molecule has 0 bridgehead atoms. The second-order valence-electron chi connectivity index (χ2n) is 5.41. The summed E-state index contributed by atoms with van der Waals surface area (Å²) in [6.45, 7) is 1.90. The normalized spacial score (nSPS) is 24.4. The number of nitrogens with zero attached hydrogens (tertiary/aromatic N) is 2. The Bertz CT molecular complexity index is 626. The Morgan fingerprint density at radius 2 is 2.25 bits per heavy atom. The third-order valence-electron chi connectivity index (χ3n) is 4.09. The van der Waals surface area contributed by atoms with Crippen molar-refractivity contribution in [3.05, 3.63) is 29.8 Å². The van der Waals surface area contributed by atoms with Crippen molar-refractivity contribution in [3.63, 3.8) is 0 Å². The van der Waals surface area contributed by atoms with Gasteiger partial charge in [-0.15, -0.1) is 11.6 Å². The average Bonchev–Trinajstić information content (AvgIpc) is 3.01. The summed E-state index contributed by atoms with van der Waals surface area (Å²) in [5.74, 6) is 0.572. The average molecular weight is 297 g/mol. The molecule has 1 fully saturated rings. The molecule has 1 aromatic heterocycles. The third-order valence-corrected chi connectivity index (χ3v) is 4.29. The molecule has 1 heterocycles. The first-order chi connectivity index (χ1) is 9.60. The van der Waals surface area contributed by atoms with Gasteiger partial charge in [-0.3, -0.25) is 0 Å². The van der Waals surface area contributed by atoms with Crippen molar-refractivity contribution in [3.8, 4) is 0 Å². The Balaban J connectivity index is 2.11. The summed E-state index contributed by atoms with van der Waals surface area (Å²) in [4.78, 5) is 4.57. The zero-order valence-corrected chi connectivity index (χ0v) is 12.4. The lowest BCUT2D eigenvalue weighted by Gasteiger charge is -2.18. The van der Waals surface area contributed by atoms with Crippen LogP contribution < -0.4 is 0 Å². The lowest BCUT2D eigenvalue weighted by atomic mass is 10.2. The molecule has 1 aliphatic carbocycles. The molecule has 5 heteroatoms. The minimum Gasteiger partial charge on any atom is -0.381 e. The van der Waals surface area contributed by atoms with Crippen LogP contribution in [0.4, 0.5) is 4.39 Å². The van der Waals surface area contributed by atoms with E-state index in [2.05, 4.69) is 9.55 Å². The van der Waals surface area contributed by atoms with Gasteiger partial charge in [0.2, 0.25) is 0 Å². The molecule has 1 aromatic carbocycles. The lowest BCUT2D eigenvalue weighted by Crippen LogP contribution is -2.12. The monoisotopic (exact) mass is 296 g/mol. The molecule has 0 amide bonds. The van der Waals surface area contributed by atoms with Crippen molar-refractivity contribution in [2.24, 2.45) is 0 Å². The van der Waals surface area contributed by atoms with Gasteiger partial charge >= 0.3 is 0 Å². The fraction of sp³-hybridized carbons (Fsp3) is 0.533. The number of fused-ring (bicyclic) bond motifs is 1. The van der Waals surface area contributed by atoms with Gasteiger partial charge in [-0.1, -0.05) is 0 Å². The Hall–Kier alpha value is -1.13. The van der Waals surface area contributed by atoms with Crippen molar-refractivity contribution in [1.29, 1.82) is 0 Å². The van der Waals surface area contributed by atoms with Gasteiger partial charge in [0, 0.05) is 13.2 Å². The SMILES string of the molecule is COC1CCC(n2c(C(C)Cl)nc3ccc(F)cc32)C1. The first-order valence-corrected chi connectivity index (χ1v) is 7.38. The van der Waals surface area contributed by atoms with Crippen LogP contribution in [0.2, 0.25) is 0 Å². The molecule has 2 aromatic rings. The summed E-state index contributed by atoms with van der Waals surface area (Å²) in [5, 5.41) is -0.202. The van der Waals surface area contributed by atoms with Crippen molar-refractivity contribution >= 4 is 22.6 Å². The van der Waals surface area contributed by atoms with E-state index in [-0.39, 0.29) is 23.3 Å². The minimum atomic E-state index is -0.242. The van der Waals surface area contributed by atoms with Gasteiger partial charge in [0.25, 0.3) is 0 Å². The minimum absolute atomic E-state index is 0.202. The van der Waals surface area contributed by atoms with Crippen LogP contribution >= 0.6 is 11.6 Å². The number of rotatable bonds is 3. The van der Waals surface area contributed by atoms with Crippen LogP contribution in [0.3, 0.4) is 0 Å². The van der Waals surface area contributed by atoms with Gasteiger partial charge < -0.3 is 9.30 Å². The van der Waals surface area contributed by atoms with Crippen LogP contribution in [-0.2, 0) is 4.74 Å². The molecular formula is C15H18ClFN2O. The quantitative estimate of drug-likeness (QED) is 0.793. The topological polar surface area (TPSA) is 27.1 Å². The highest BCUT2D eigenvalue weighted by Crippen LogP contribution is 2.37. The molecule has 0 N–H and O–H groups in total. The number of methoxy groups -OCH3 is 1. The molecule has 20 heavy (non-hydrogen) atoms. The van der Waals surface area contributed by atoms with E-state index >= 15 is 0 Å². The molecule has 108 valence electrons. The number of hydrogen-bond donors (Lipinski definition) is 0. The van der Waals surface area contributed by atoms with E-state index in [0.29, 0.717) is 0 Å². The second-order valence-corrected chi connectivity index (χ2v) is 6.07. The zero-order valence-electron chi connectivity index (χ0n) is 11.6. The highest BCUT2D eigenvalue weighted by molar-refractivity contribution is 6.20. The van der Waals surface area contributed by atoms with Crippen LogP contribution in [0.25, 0.3) is 11.0 Å². The Labute approximate surface area is 122 Å². The molecule has 0 saturated heterocycles. The van der Waals surface area contributed by atoms with Gasteiger partial charge in [-0.25, -0.2) is 9.37 Å². The Morgan fingerprint density at radius 3 is 2.90 bits per heavy atom. The van der Waals surface area contributed by atoms with Crippen LogP contribution in [0, 0.1) is 5.82 Å². The van der Waals surface area contributed by atoms with Gasteiger partial charge in [0.1, 0.15) is 11.6 Å². The predicted octanol–water partition coefficient (Wildman–Crippen LogP) is 4.22.